The molecular formula is C18H16ClN5O2S. The van der Waals surface area contributed by atoms with Crippen molar-refractivity contribution in [3.8, 4) is 0 Å². The largest absolute Gasteiger partial charge is 0.383 e. The molecule has 0 aliphatic carbocycles. The van der Waals surface area contributed by atoms with Gasteiger partial charge in [-0.1, -0.05) is 17.7 Å². The van der Waals surface area contributed by atoms with Crippen LogP contribution in [0, 0.1) is 0 Å². The van der Waals surface area contributed by atoms with Crippen molar-refractivity contribution in [3.05, 3.63) is 51.4 Å². The Balaban J connectivity index is 1.43. The minimum atomic E-state index is -0.517. The lowest BCUT2D eigenvalue weighted by Crippen LogP contribution is -2.41. The van der Waals surface area contributed by atoms with Gasteiger partial charge in [0.05, 0.1) is 14.7 Å². The Kier molecular flexibility index (Phi) is 4.67. The van der Waals surface area contributed by atoms with E-state index in [-0.39, 0.29) is 11.8 Å². The number of rotatable bonds is 4. The Hall–Kier alpha value is -2.71. The van der Waals surface area contributed by atoms with Gasteiger partial charge in [-0.3, -0.25) is 9.59 Å². The monoisotopic (exact) mass is 401 g/mol. The summed E-state index contributed by atoms with van der Waals surface area (Å²) in [6, 6.07) is 8.48. The number of thiophene rings is 1. The lowest BCUT2D eigenvalue weighted by atomic mass is 10.1. The van der Waals surface area contributed by atoms with Gasteiger partial charge in [0.15, 0.2) is 0 Å². The first-order valence-electron chi connectivity index (χ1n) is 8.35. The first-order chi connectivity index (χ1) is 13.0. The SMILES string of the molecule is Nc1ncnc2cc(CN3CC[C@H](NC(=O)c4ccc(Cl)s4)C3=O)ccc12. The van der Waals surface area contributed by atoms with E-state index in [1.807, 2.05) is 18.2 Å². The van der Waals surface area contributed by atoms with Crippen LogP contribution in [0.15, 0.2) is 36.7 Å². The molecule has 3 N–H and O–H groups in total. The van der Waals surface area contributed by atoms with Crippen LogP contribution in [0.3, 0.4) is 0 Å². The van der Waals surface area contributed by atoms with Gasteiger partial charge in [0.25, 0.3) is 5.91 Å². The number of nitrogens with two attached hydrogens (primary N) is 1. The van der Waals surface area contributed by atoms with Crippen molar-refractivity contribution >= 4 is 51.5 Å². The van der Waals surface area contributed by atoms with Crippen molar-refractivity contribution in [2.75, 3.05) is 12.3 Å². The average Bonchev–Trinajstić information content (AvgIpc) is 3.23. The van der Waals surface area contributed by atoms with Crippen LogP contribution in [0.2, 0.25) is 4.34 Å². The topological polar surface area (TPSA) is 101 Å². The van der Waals surface area contributed by atoms with E-state index in [0.717, 1.165) is 16.5 Å². The number of halogens is 1. The summed E-state index contributed by atoms with van der Waals surface area (Å²) in [4.78, 5) is 35.3. The summed E-state index contributed by atoms with van der Waals surface area (Å²) in [6.45, 7) is 1.04. The molecular weight excluding hydrogens is 386 g/mol. The molecule has 1 atom stereocenters. The van der Waals surface area contributed by atoms with Gasteiger partial charge >= 0.3 is 0 Å². The highest BCUT2D eigenvalue weighted by molar-refractivity contribution is 7.18. The van der Waals surface area contributed by atoms with Crippen molar-refractivity contribution in [2.45, 2.75) is 19.0 Å². The number of anilines is 1. The second-order valence-electron chi connectivity index (χ2n) is 6.29. The fraction of sp³-hybridized carbons (Fsp3) is 0.222. The van der Waals surface area contributed by atoms with Crippen LogP contribution in [0.25, 0.3) is 10.9 Å². The van der Waals surface area contributed by atoms with Crippen LogP contribution in [0.1, 0.15) is 21.7 Å². The summed E-state index contributed by atoms with van der Waals surface area (Å²) in [5.74, 6) is 0.0681. The lowest BCUT2D eigenvalue weighted by Gasteiger charge is -2.17. The van der Waals surface area contributed by atoms with E-state index in [4.69, 9.17) is 17.3 Å². The Bertz CT molecular complexity index is 1040. The van der Waals surface area contributed by atoms with Gasteiger partial charge in [0.1, 0.15) is 18.2 Å². The minimum absolute atomic E-state index is 0.0895. The van der Waals surface area contributed by atoms with Gasteiger partial charge in [-0.05, 0) is 36.2 Å². The molecule has 4 rings (SSSR count). The third-order valence-electron chi connectivity index (χ3n) is 4.50. The Labute approximate surface area is 164 Å². The first-order valence-corrected chi connectivity index (χ1v) is 9.55. The van der Waals surface area contributed by atoms with Gasteiger partial charge < -0.3 is 16.0 Å². The van der Waals surface area contributed by atoms with E-state index >= 15 is 0 Å². The zero-order valence-electron chi connectivity index (χ0n) is 14.2. The van der Waals surface area contributed by atoms with Crippen molar-refractivity contribution < 1.29 is 9.59 Å². The molecule has 0 saturated carbocycles. The molecule has 0 spiro atoms. The molecule has 2 amide bonds. The van der Waals surface area contributed by atoms with Gasteiger partial charge in [-0.2, -0.15) is 0 Å². The number of fused-ring (bicyclic) bond motifs is 1. The number of amides is 2. The van der Waals surface area contributed by atoms with Crippen molar-refractivity contribution in [1.82, 2.24) is 20.2 Å². The minimum Gasteiger partial charge on any atom is -0.383 e. The second-order valence-corrected chi connectivity index (χ2v) is 8.00. The molecule has 0 unspecified atom stereocenters. The van der Waals surface area contributed by atoms with Crippen LogP contribution in [0.5, 0.6) is 0 Å². The summed E-state index contributed by atoms with van der Waals surface area (Å²) in [7, 11) is 0. The summed E-state index contributed by atoms with van der Waals surface area (Å²) in [5.41, 5.74) is 7.53. The Morgan fingerprint density at radius 3 is 2.96 bits per heavy atom. The Morgan fingerprint density at radius 1 is 1.33 bits per heavy atom. The molecule has 27 heavy (non-hydrogen) atoms. The number of aromatic nitrogens is 2. The molecule has 9 heteroatoms. The molecule has 1 aliphatic rings. The number of hydrogen-bond donors (Lipinski definition) is 2. The number of likely N-dealkylation sites (tertiary alicyclic amines) is 1. The van der Waals surface area contributed by atoms with Crippen LogP contribution in [-0.4, -0.2) is 39.3 Å². The highest BCUT2D eigenvalue weighted by Crippen LogP contribution is 2.23. The highest BCUT2D eigenvalue weighted by atomic mass is 35.5. The number of hydrogen-bond acceptors (Lipinski definition) is 6. The maximum atomic E-state index is 12.6. The second kappa shape index (κ2) is 7.13. The van der Waals surface area contributed by atoms with Crippen molar-refractivity contribution in [1.29, 1.82) is 0 Å². The van der Waals surface area contributed by atoms with E-state index < -0.39 is 6.04 Å². The predicted octanol–water partition coefficient (Wildman–Crippen LogP) is 2.46. The molecule has 1 aliphatic heterocycles. The highest BCUT2D eigenvalue weighted by Gasteiger charge is 2.33. The quantitative estimate of drug-likeness (QED) is 0.699. The summed E-state index contributed by atoms with van der Waals surface area (Å²) >= 11 is 7.05. The number of nitrogen functional groups attached to an aromatic ring is 1. The van der Waals surface area contributed by atoms with Crippen LogP contribution in [0.4, 0.5) is 5.82 Å². The van der Waals surface area contributed by atoms with Crippen molar-refractivity contribution in [3.63, 3.8) is 0 Å². The van der Waals surface area contributed by atoms with Crippen LogP contribution >= 0.6 is 22.9 Å². The third kappa shape index (κ3) is 3.58. The standard InChI is InChI=1S/C18H16ClN5O2S/c19-15-4-3-14(27-15)17(25)23-12-5-6-24(18(12)26)8-10-1-2-11-13(7-10)21-9-22-16(11)20/h1-4,7,9,12H,5-6,8H2,(H,23,25)(H2,20,21,22)/t12-/m0/s1. The van der Waals surface area contributed by atoms with E-state index in [2.05, 4.69) is 15.3 Å². The first kappa shape index (κ1) is 17.7. The maximum Gasteiger partial charge on any atom is 0.262 e. The zero-order chi connectivity index (χ0) is 19.0. The number of nitrogens with one attached hydrogen (secondary N) is 1. The molecule has 1 fully saturated rings. The summed E-state index contributed by atoms with van der Waals surface area (Å²) in [5, 5.41) is 3.58. The number of carbonyl (C=O) groups is 2. The summed E-state index contributed by atoms with van der Waals surface area (Å²) in [6.07, 6.45) is 2.00. The fourth-order valence-corrected chi connectivity index (χ4v) is 4.08. The van der Waals surface area contributed by atoms with Crippen LogP contribution < -0.4 is 11.1 Å². The molecule has 3 heterocycles. The smallest absolute Gasteiger partial charge is 0.262 e. The maximum absolute atomic E-state index is 12.6. The predicted molar refractivity (Wildman–Crippen MR) is 105 cm³/mol. The fourth-order valence-electron chi connectivity index (χ4n) is 3.14. The molecule has 0 bridgehead atoms. The normalized spacial score (nSPS) is 16.9. The van der Waals surface area contributed by atoms with Gasteiger partial charge in [0, 0.05) is 18.5 Å². The van der Waals surface area contributed by atoms with E-state index in [1.165, 1.54) is 17.7 Å². The van der Waals surface area contributed by atoms with Gasteiger partial charge in [-0.25, -0.2) is 9.97 Å². The molecule has 2 aromatic heterocycles. The average molecular weight is 402 g/mol. The van der Waals surface area contributed by atoms with Crippen molar-refractivity contribution in [2.24, 2.45) is 0 Å². The molecule has 7 nitrogen and oxygen atoms in total. The molecule has 3 aromatic rings. The van der Waals surface area contributed by atoms with Gasteiger partial charge in [-0.15, -0.1) is 11.3 Å². The van der Waals surface area contributed by atoms with E-state index in [9.17, 15) is 9.59 Å². The molecule has 1 aromatic carbocycles. The number of carbonyl (C=O) groups excluding carboxylic acids is 2. The molecule has 0 radical (unpaired) electrons. The summed E-state index contributed by atoms with van der Waals surface area (Å²) < 4.78 is 0.542. The van der Waals surface area contributed by atoms with E-state index in [0.29, 0.717) is 34.5 Å². The third-order valence-corrected chi connectivity index (χ3v) is 5.73. The van der Waals surface area contributed by atoms with Crippen LogP contribution in [-0.2, 0) is 11.3 Å². The molecule has 138 valence electrons. The lowest BCUT2D eigenvalue weighted by molar-refractivity contribution is -0.129. The van der Waals surface area contributed by atoms with E-state index in [1.54, 1.807) is 17.0 Å². The Morgan fingerprint density at radius 2 is 2.19 bits per heavy atom. The number of benzene rings is 1. The zero-order valence-corrected chi connectivity index (χ0v) is 15.8. The van der Waals surface area contributed by atoms with Gasteiger partial charge in [0.2, 0.25) is 5.91 Å². The number of nitrogens with zero attached hydrogens (tertiary/aromatic N) is 3. The molecule has 1 saturated heterocycles.